The molecule has 2 unspecified atom stereocenters. The molecular weight excluding hydrogens is 220 g/mol. The van der Waals surface area contributed by atoms with Crippen molar-refractivity contribution in [3.63, 3.8) is 0 Å². The SMILES string of the molecule is CCCNC(C)c1ccc(N2CCCC2C)cc1. The summed E-state index contributed by atoms with van der Waals surface area (Å²) in [5.41, 5.74) is 2.77. The van der Waals surface area contributed by atoms with Crippen molar-refractivity contribution in [2.75, 3.05) is 18.0 Å². The Morgan fingerprint density at radius 1 is 1.33 bits per heavy atom. The van der Waals surface area contributed by atoms with E-state index in [-0.39, 0.29) is 0 Å². The van der Waals surface area contributed by atoms with Crippen molar-refractivity contribution in [2.24, 2.45) is 0 Å². The van der Waals surface area contributed by atoms with E-state index in [1.165, 1.54) is 37.1 Å². The number of hydrogen-bond acceptors (Lipinski definition) is 2. The molecule has 0 aliphatic carbocycles. The molecule has 0 amide bonds. The number of nitrogens with one attached hydrogen (secondary N) is 1. The molecule has 1 fully saturated rings. The molecule has 1 heterocycles. The fourth-order valence-electron chi connectivity index (χ4n) is 2.75. The van der Waals surface area contributed by atoms with Gasteiger partial charge >= 0.3 is 0 Å². The highest BCUT2D eigenvalue weighted by atomic mass is 15.2. The summed E-state index contributed by atoms with van der Waals surface area (Å²) in [5.74, 6) is 0. The molecule has 100 valence electrons. The zero-order valence-electron chi connectivity index (χ0n) is 11.9. The summed E-state index contributed by atoms with van der Waals surface area (Å²) in [6, 6.07) is 10.3. The minimum absolute atomic E-state index is 0.454. The van der Waals surface area contributed by atoms with Crippen molar-refractivity contribution in [3.8, 4) is 0 Å². The van der Waals surface area contributed by atoms with E-state index in [0.717, 1.165) is 6.54 Å². The Hall–Kier alpha value is -1.02. The van der Waals surface area contributed by atoms with Crippen LogP contribution in [-0.4, -0.2) is 19.1 Å². The topological polar surface area (TPSA) is 15.3 Å². The maximum Gasteiger partial charge on any atom is 0.0368 e. The lowest BCUT2D eigenvalue weighted by Crippen LogP contribution is -2.26. The molecule has 1 aromatic carbocycles. The van der Waals surface area contributed by atoms with E-state index in [1.807, 2.05) is 0 Å². The van der Waals surface area contributed by atoms with Crippen LogP contribution in [0.15, 0.2) is 24.3 Å². The van der Waals surface area contributed by atoms with Gasteiger partial charge in [-0.3, -0.25) is 0 Å². The normalized spacial score (nSPS) is 21.3. The maximum absolute atomic E-state index is 3.53. The van der Waals surface area contributed by atoms with E-state index >= 15 is 0 Å². The summed E-state index contributed by atoms with van der Waals surface area (Å²) < 4.78 is 0. The summed E-state index contributed by atoms with van der Waals surface area (Å²) >= 11 is 0. The first-order valence-corrected chi connectivity index (χ1v) is 7.32. The van der Waals surface area contributed by atoms with Crippen molar-refractivity contribution >= 4 is 5.69 Å². The van der Waals surface area contributed by atoms with Crippen molar-refractivity contribution in [3.05, 3.63) is 29.8 Å². The van der Waals surface area contributed by atoms with E-state index in [2.05, 4.69) is 55.3 Å². The molecule has 1 aromatic rings. The minimum Gasteiger partial charge on any atom is -0.369 e. The predicted octanol–water partition coefficient (Wildman–Crippen LogP) is 3.74. The fraction of sp³-hybridized carbons (Fsp3) is 0.625. The molecule has 0 bridgehead atoms. The summed E-state index contributed by atoms with van der Waals surface area (Å²) in [5, 5.41) is 3.53. The van der Waals surface area contributed by atoms with Crippen LogP contribution in [-0.2, 0) is 0 Å². The van der Waals surface area contributed by atoms with Gasteiger partial charge in [-0.25, -0.2) is 0 Å². The number of anilines is 1. The van der Waals surface area contributed by atoms with E-state index in [1.54, 1.807) is 0 Å². The highest BCUT2D eigenvalue weighted by Crippen LogP contribution is 2.26. The monoisotopic (exact) mass is 246 g/mol. The van der Waals surface area contributed by atoms with Crippen LogP contribution in [0.2, 0.25) is 0 Å². The largest absolute Gasteiger partial charge is 0.369 e. The third-order valence-electron chi connectivity index (χ3n) is 3.98. The molecular formula is C16H26N2. The van der Waals surface area contributed by atoms with E-state index in [9.17, 15) is 0 Å². The molecule has 18 heavy (non-hydrogen) atoms. The Bertz CT molecular complexity index is 358. The van der Waals surface area contributed by atoms with Gasteiger partial charge in [-0.2, -0.15) is 0 Å². The van der Waals surface area contributed by atoms with Crippen molar-refractivity contribution in [2.45, 2.75) is 52.1 Å². The number of benzene rings is 1. The van der Waals surface area contributed by atoms with Gasteiger partial charge in [0.1, 0.15) is 0 Å². The molecule has 1 N–H and O–H groups in total. The Morgan fingerprint density at radius 2 is 2.06 bits per heavy atom. The Balaban J connectivity index is 2.00. The molecule has 2 rings (SSSR count). The number of rotatable bonds is 5. The summed E-state index contributed by atoms with van der Waals surface area (Å²) in [6.07, 6.45) is 3.85. The molecule has 1 aliphatic heterocycles. The van der Waals surface area contributed by atoms with Crippen molar-refractivity contribution in [1.29, 1.82) is 0 Å². The zero-order valence-corrected chi connectivity index (χ0v) is 11.9. The standard InChI is InChI=1S/C16H26N2/c1-4-11-17-14(3)15-7-9-16(10-8-15)18-12-5-6-13(18)2/h7-10,13-14,17H,4-6,11-12H2,1-3H3. The van der Waals surface area contributed by atoms with Crippen LogP contribution in [0.3, 0.4) is 0 Å². The van der Waals surface area contributed by atoms with E-state index < -0.39 is 0 Å². The molecule has 2 atom stereocenters. The highest BCUT2D eigenvalue weighted by molar-refractivity contribution is 5.49. The van der Waals surface area contributed by atoms with Crippen LogP contribution in [0.4, 0.5) is 5.69 Å². The lowest BCUT2D eigenvalue weighted by molar-refractivity contribution is 0.570. The van der Waals surface area contributed by atoms with Crippen LogP contribution in [0.1, 0.15) is 51.6 Å². The Labute approximate surface area is 111 Å². The summed E-state index contributed by atoms with van der Waals surface area (Å²) in [4.78, 5) is 2.52. The van der Waals surface area contributed by atoms with Crippen LogP contribution in [0.5, 0.6) is 0 Å². The Morgan fingerprint density at radius 3 is 2.61 bits per heavy atom. The molecule has 0 spiro atoms. The summed E-state index contributed by atoms with van der Waals surface area (Å²) in [6.45, 7) is 9.07. The molecule has 1 aliphatic rings. The zero-order chi connectivity index (χ0) is 13.0. The van der Waals surface area contributed by atoms with Crippen LogP contribution >= 0.6 is 0 Å². The Kier molecular flexibility index (Phi) is 4.65. The second-order valence-corrected chi connectivity index (χ2v) is 5.45. The van der Waals surface area contributed by atoms with Gasteiger partial charge in [-0.05, 0) is 57.4 Å². The first kappa shape index (κ1) is 13.4. The van der Waals surface area contributed by atoms with Gasteiger partial charge in [0.05, 0.1) is 0 Å². The second kappa shape index (κ2) is 6.24. The first-order valence-electron chi connectivity index (χ1n) is 7.32. The molecule has 2 nitrogen and oxygen atoms in total. The molecule has 0 saturated carbocycles. The molecule has 0 aromatic heterocycles. The first-order chi connectivity index (χ1) is 8.72. The second-order valence-electron chi connectivity index (χ2n) is 5.45. The van der Waals surface area contributed by atoms with Crippen LogP contribution < -0.4 is 10.2 Å². The lowest BCUT2D eigenvalue weighted by atomic mass is 10.1. The fourth-order valence-corrected chi connectivity index (χ4v) is 2.75. The van der Waals surface area contributed by atoms with E-state index in [0.29, 0.717) is 12.1 Å². The third-order valence-corrected chi connectivity index (χ3v) is 3.98. The molecule has 0 radical (unpaired) electrons. The highest BCUT2D eigenvalue weighted by Gasteiger charge is 2.20. The summed E-state index contributed by atoms with van der Waals surface area (Å²) in [7, 11) is 0. The quantitative estimate of drug-likeness (QED) is 0.851. The average Bonchev–Trinajstić information content (AvgIpc) is 2.82. The van der Waals surface area contributed by atoms with Gasteiger partial charge in [0.25, 0.3) is 0 Å². The van der Waals surface area contributed by atoms with Gasteiger partial charge < -0.3 is 10.2 Å². The number of hydrogen-bond donors (Lipinski definition) is 1. The van der Waals surface area contributed by atoms with Crippen LogP contribution in [0.25, 0.3) is 0 Å². The molecule has 2 heteroatoms. The smallest absolute Gasteiger partial charge is 0.0368 e. The predicted molar refractivity (Wildman–Crippen MR) is 79.2 cm³/mol. The van der Waals surface area contributed by atoms with Gasteiger partial charge in [0.15, 0.2) is 0 Å². The van der Waals surface area contributed by atoms with Gasteiger partial charge in [0, 0.05) is 24.3 Å². The lowest BCUT2D eigenvalue weighted by Gasteiger charge is -2.24. The van der Waals surface area contributed by atoms with Gasteiger partial charge in [-0.1, -0.05) is 19.1 Å². The molecule has 1 saturated heterocycles. The van der Waals surface area contributed by atoms with E-state index in [4.69, 9.17) is 0 Å². The average molecular weight is 246 g/mol. The van der Waals surface area contributed by atoms with Crippen molar-refractivity contribution < 1.29 is 0 Å². The van der Waals surface area contributed by atoms with Crippen LogP contribution in [0, 0.1) is 0 Å². The van der Waals surface area contributed by atoms with Gasteiger partial charge in [-0.15, -0.1) is 0 Å². The minimum atomic E-state index is 0.454. The number of nitrogens with zero attached hydrogens (tertiary/aromatic N) is 1. The third kappa shape index (κ3) is 3.05. The van der Waals surface area contributed by atoms with Crippen molar-refractivity contribution in [1.82, 2.24) is 5.32 Å². The maximum atomic E-state index is 3.53. The van der Waals surface area contributed by atoms with Gasteiger partial charge in [0.2, 0.25) is 0 Å².